The van der Waals surface area contributed by atoms with Crippen LogP contribution in [0.25, 0.3) is 22.6 Å². The van der Waals surface area contributed by atoms with E-state index in [2.05, 4.69) is 45.7 Å². The second-order valence-electron chi connectivity index (χ2n) is 15.2. The van der Waals surface area contributed by atoms with Crippen LogP contribution in [0.4, 0.5) is 13.2 Å². The maximum Gasteiger partial charge on any atom is 0.405 e. The van der Waals surface area contributed by atoms with Crippen LogP contribution in [0, 0.1) is 12.8 Å². The monoisotopic (exact) mass is 852 g/mol. The van der Waals surface area contributed by atoms with Crippen LogP contribution >= 0.6 is 11.6 Å². The number of primary amides is 1. The first-order chi connectivity index (χ1) is 28.6. The van der Waals surface area contributed by atoms with Crippen molar-refractivity contribution in [2.75, 3.05) is 45.9 Å². The average molecular weight is 853 g/mol. The predicted octanol–water partition coefficient (Wildman–Crippen LogP) is 7.21. The van der Waals surface area contributed by atoms with Gasteiger partial charge < -0.3 is 29.7 Å². The van der Waals surface area contributed by atoms with Crippen LogP contribution in [0.15, 0.2) is 94.2 Å². The SMILES string of the molecule is Cc1ccncc1-c1ccc(C[C@H](C[C@H](O)CN2CCN(C(C)(C)c3ncc(-c4ccc(Cl)cc4)o3)CC2)C(N)=O)o1.O=CNCC(F)(F)F.c1ccc2c(c1)CCCO2. The molecule has 1 fully saturated rings. The highest BCUT2D eigenvalue weighted by Crippen LogP contribution is 2.32. The number of hydrogen-bond acceptors (Lipinski definition) is 10. The highest BCUT2D eigenvalue weighted by atomic mass is 35.5. The molecular weight excluding hydrogens is 801 g/mol. The number of carbonyl (C=O) groups excluding carboxylic acids is 2. The number of piperazine rings is 1. The van der Waals surface area contributed by atoms with Crippen LogP contribution in [0.3, 0.4) is 0 Å². The molecule has 2 aliphatic rings. The molecule has 0 unspecified atom stereocenters. The summed E-state index contributed by atoms with van der Waals surface area (Å²) >= 11 is 6.02. The summed E-state index contributed by atoms with van der Waals surface area (Å²) < 4.78 is 50.7. The molecular formula is C44H52ClF3N6O6. The number of alkyl halides is 3. The van der Waals surface area contributed by atoms with E-state index in [4.69, 9.17) is 30.9 Å². The minimum atomic E-state index is -4.29. The van der Waals surface area contributed by atoms with Gasteiger partial charge >= 0.3 is 6.18 Å². The number of aromatic nitrogens is 2. The highest BCUT2D eigenvalue weighted by molar-refractivity contribution is 6.30. The van der Waals surface area contributed by atoms with Gasteiger partial charge in [0.25, 0.3) is 0 Å². The van der Waals surface area contributed by atoms with Crippen LogP contribution in [-0.4, -0.2) is 95.3 Å². The number of rotatable bonds is 13. The summed E-state index contributed by atoms with van der Waals surface area (Å²) in [6, 6.07) is 21.4. The molecule has 5 aromatic rings. The number of hydrogen-bond donors (Lipinski definition) is 3. The molecule has 0 saturated carbocycles. The zero-order valence-corrected chi connectivity index (χ0v) is 34.7. The van der Waals surface area contributed by atoms with Crippen LogP contribution in [0.1, 0.15) is 49.5 Å². The number of nitrogens with zero attached hydrogens (tertiary/aromatic N) is 4. The molecule has 12 nitrogen and oxygen atoms in total. The van der Waals surface area contributed by atoms with E-state index in [1.54, 1.807) is 18.6 Å². The Morgan fingerprint density at radius 2 is 1.73 bits per heavy atom. The van der Waals surface area contributed by atoms with Crippen molar-refractivity contribution in [3.63, 3.8) is 0 Å². The Hall–Kier alpha value is -5.22. The smallest absolute Gasteiger partial charge is 0.405 e. The van der Waals surface area contributed by atoms with Gasteiger partial charge in [-0.15, -0.1) is 0 Å². The Balaban J connectivity index is 0.000000310. The van der Waals surface area contributed by atoms with E-state index in [1.165, 1.54) is 17.3 Å². The third kappa shape index (κ3) is 13.4. The lowest BCUT2D eigenvalue weighted by molar-refractivity contribution is -0.132. The molecule has 2 aliphatic heterocycles. The molecule has 2 aromatic carbocycles. The Bertz CT molecular complexity index is 2090. The number of furan rings is 1. The van der Waals surface area contributed by atoms with Crippen molar-refractivity contribution in [3.8, 4) is 28.4 Å². The van der Waals surface area contributed by atoms with E-state index in [0.717, 1.165) is 61.6 Å². The van der Waals surface area contributed by atoms with Crippen molar-refractivity contribution in [3.05, 3.63) is 113 Å². The van der Waals surface area contributed by atoms with Gasteiger partial charge in [0, 0.05) is 73.6 Å². The van der Waals surface area contributed by atoms with E-state index in [1.807, 2.05) is 61.5 Å². The summed E-state index contributed by atoms with van der Waals surface area (Å²) in [5.41, 5.74) is 9.58. The topological polar surface area (TPSA) is 160 Å². The number of nitrogens with one attached hydrogen (secondary N) is 1. The fraction of sp³-hybridized carbons (Fsp3) is 0.409. The van der Waals surface area contributed by atoms with Gasteiger partial charge in [-0.25, -0.2) is 4.98 Å². The van der Waals surface area contributed by atoms with Gasteiger partial charge in [-0.05, 0) is 99.7 Å². The molecule has 4 N–H and O–H groups in total. The van der Waals surface area contributed by atoms with E-state index < -0.39 is 36.2 Å². The Labute approximate surface area is 352 Å². The summed E-state index contributed by atoms with van der Waals surface area (Å²) in [6.45, 7) is 9.46. The number of aliphatic hydroxyl groups excluding tert-OH is 1. The minimum absolute atomic E-state index is 0.00743. The van der Waals surface area contributed by atoms with E-state index in [-0.39, 0.29) is 12.8 Å². The number of pyridine rings is 1. The lowest BCUT2D eigenvalue weighted by atomic mass is 9.95. The van der Waals surface area contributed by atoms with Gasteiger partial charge in [-0.3, -0.25) is 24.4 Å². The number of aryl methyl sites for hydroxylation is 2. The maximum absolute atomic E-state index is 12.3. The number of carbonyl (C=O) groups is 2. The molecule has 2 amide bonds. The number of β-amino-alcohol motifs (C(OH)–C–C–N with tert-alkyl or cyclic N) is 1. The second-order valence-corrected chi connectivity index (χ2v) is 15.6. The molecule has 322 valence electrons. The van der Waals surface area contributed by atoms with E-state index in [0.29, 0.717) is 41.2 Å². The fourth-order valence-corrected chi connectivity index (χ4v) is 7.11. The fourth-order valence-electron chi connectivity index (χ4n) is 6.98. The molecule has 16 heteroatoms. The van der Waals surface area contributed by atoms with Crippen LogP contribution in [-0.2, 0) is 28.0 Å². The molecule has 5 heterocycles. The van der Waals surface area contributed by atoms with Gasteiger partial charge in [0.15, 0.2) is 5.76 Å². The third-order valence-electron chi connectivity index (χ3n) is 10.4. The average Bonchev–Trinajstić information content (AvgIpc) is 3.92. The largest absolute Gasteiger partial charge is 0.493 e. The summed E-state index contributed by atoms with van der Waals surface area (Å²) in [4.78, 5) is 34.8. The van der Waals surface area contributed by atoms with Crippen molar-refractivity contribution in [1.82, 2.24) is 25.1 Å². The zero-order chi connectivity index (χ0) is 43.3. The first-order valence-electron chi connectivity index (χ1n) is 19.7. The van der Waals surface area contributed by atoms with Gasteiger partial charge in [0.2, 0.25) is 18.2 Å². The molecule has 2 atom stereocenters. The molecule has 60 heavy (non-hydrogen) atoms. The quantitative estimate of drug-likeness (QED) is 0.103. The second kappa shape index (κ2) is 21.3. The number of ether oxygens (including phenoxy) is 1. The molecule has 0 spiro atoms. The first kappa shape index (κ1) is 45.9. The van der Waals surface area contributed by atoms with E-state index in [9.17, 15) is 27.9 Å². The molecule has 7 rings (SSSR count). The number of aliphatic hydroxyl groups is 1. The number of benzene rings is 2. The normalized spacial score (nSPS) is 15.5. The van der Waals surface area contributed by atoms with Gasteiger partial charge in [-0.1, -0.05) is 29.8 Å². The number of nitrogens with two attached hydrogens (primary N) is 1. The third-order valence-corrected chi connectivity index (χ3v) is 10.6. The lowest BCUT2D eigenvalue weighted by Gasteiger charge is -2.42. The molecule has 0 aliphatic carbocycles. The van der Waals surface area contributed by atoms with Crippen molar-refractivity contribution in [2.24, 2.45) is 11.7 Å². The highest BCUT2D eigenvalue weighted by Gasteiger charge is 2.36. The summed E-state index contributed by atoms with van der Waals surface area (Å²) in [5, 5.41) is 13.1. The Kier molecular flexibility index (Phi) is 16.3. The van der Waals surface area contributed by atoms with Gasteiger partial charge in [-0.2, -0.15) is 13.2 Å². The number of para-hydroxylation sites is 1. The maximum atomic E-state index is 12.3. The number of amides is 2. The van der Waals surface area contributed by atoms with Crippen molar-refractivity contribution in [2.45, 2.75) is 64.3 Å². The van der Waals surface area contributed by atoms with Crippen molar-refractivity contribution < 1.29 is 41.4 Å². The molecule has 0 radical (unpaired) electrons. The standard InChI is InChI=1S/C32H38ClN5O4.C9H10O.C3H4F3NO/c1-21-10-11-35-18-27(21)28-9-8-26(41-28)17-23(30(34)40)16-25(39)20-37-12-14-38(15-13-37)32(2,3)31-36-19-29(42-31)22-4-6-24(33)7-5-22;1-2-6-9-8(4-1)5-3-7-10-9;4-3(5,6)1-7-2-8/h4-11,18-19,23,25,39H,12-17,20H2,1-3H3,(H2,34,40);1-2,4,6H,3,5,7H2;2H,1H2,(H,7,8)/t23-,25-;;/m0../s1. The van der Waals surface area contributed by atoms with Crippen LogP contribution in [0.2, 0.25) is 5.02 Å². The molecule has 0 bridgehead atoms. The minimum Gasteiger partial charge on any atom is -0.493 e. The van der Waals surface area contributed by atoms with Crippen LogP contribution < -0.4 is 15.8 Å². The number of fused-ring (bicyclic) bond motifs is 1. The van der Waals surface area contributed by atoms with Crippen molar-refractivity contribution in [1.29, 1.82) is 0 Å². The first-order valence-corrected chi connectivity index (χ1v) is 20.1. The number of oxazole rings is 1. The van der Waals surface area contributed by atoms with Crippen LogP contribution in [0.5, 0.6) is 5.75 Å². The molecule has 3 aromatic heterocycles. The zero-order valence-electron chi connectivity index (χ0n) is 34.0. The van der Waals surface area contributed by atoms with Gasteiger partial charge in [0.05, 0.1) is 24.4 Å². The summed E-state index contributed by atoms with van der Waals surface area (Å²) in [5.74, 6) is 2.82. The lowest BCUT2D eigenvalue weighted by Crippen LogP contribution is -2.54. The van der Waals surface area contributed by atoms with Crippen molar-refractivity contribution >= 4 is 23.9 Å². The number of halogens is 4. The summed E-state index contributed by atoms with van der Waals surface area (Å²) in [6.07, 6.45) is 3.23. The Morgan fingerprint density at radius 3 is 2.38 bits per heavy atom. The van der Waals surface area contributed by atoms with Gasteiger partial charge in [0.1, 0.15) is 23.8 Å². The predicted molar refractivity (Wildman–Crippen MR) is 222 cm³/mol. The Morgan fingerprint density at radius 1 is 1.00 bits per heavy atom. The summed E-state index contributed by atoms with van der Waals surface area (Å²) in [7, 11) is 0. The molecule has 1 saturated heterocycles. The van der Waals surface area contributed by atoms with E-state index >= 15 is 0 Å².